The van der Waals surface area contributed by atoms with Crippen molar-refractivity contribution in [3.05, 3.63) is 52.5 Å². The molecule has 0 spiro atoms. The molecule has 2 aromatic rings. The zero-order chi connectivity index (χ0) is 21.5. The average molecular weight is 494 g/mol. The smallest absolute Gasteiger partial charge is 0.265 e. The Hall–Kier alpha value is -2.43. The second-order valence-corrected chi connectivity index (χ2v) is 9.96. The number of carbonyl (C=O) groups is 2. The molecule has 0 unspecified atom stereocenters. The van der Waals surface area contributed by atoms with Crippen molar-refractivity contribution in [3.8, 4) is 5.75 Å². The van der Waals surface area contributed by atoms with E-state index in [9.17, 15) is 18.0 Å². The predicted octanol–water partition coefficient (Wildman–Crippen LogP) is 2.32. The normalized spacial score (nSPS) is 19.6. The molecule has 0 aliphatic carbocycles. The van der Waals surface area contributed by atoms with Gasteiger partial charge in [-0.25, -0.2) is 8.42 Å². The van der Waals surface area contributed by atoms with Crippen LogP contribution in [0, 0.1) is 0 Å². The third-order valence-corrected chi connectivity index (χ3v) is 7.56. The summed E-state index contributed by atoms with van der Waals surface area (Å²) in [5, 5.41) is 2.67. The molecule has 10 heteroatoms. The monoisotopic (exact) mass is 493 g/mol. The highest BCUT2D eigenvalue weighted by atomic mass is 79.9. The fraction of sp³-hybridized carbons (Fsp3) is 0.300. The molecule has 8 nitrogen and oxygen atoms in total. The second kappa shape index (κ2) is 8.01. The maximum absolute atomic E-state index is 13.1. The first kappa shape index (κ1) is 20.8. The summed E-state index contributed by atoms with van der Waals surface area (Å²) < 4.78 is 33.9. The highest BCUT2D eigenvalue weighted by Gasteiger charge is 2.32. The number of ether oxygens (including phenoxy) is 1. The van der Waals surface area contributed by atoms with Crippen LogP contribution in [-0.4, -0.2) is 61.7 Å². The van der Waals surface area contributed by atoms with Gasteiger partial charge in [0.1, 0.15) is 5.75 Å². The van der Waals surface area contributed by atoms with E-state index in [4.69, 9.17) is 4.74 Å². The second-order valence-electron chi connectivity index (χ2n) is 7.11. The largest absolute Gasteiger partial charge is 0.479 e. The summed E-state index contributed by atoms with van der Waals surface area (Å²) in [6.45, 7) is 2.62. The van der Waals surface area contributed by atoms with E-state index in [1.165, 1.54) is 16.4 Å². The lowest BCUT2D eigenvalue weighted by Crippen LogP contribution is -2.50. The van der Waals surface area contributed by atoms with Crippen LogP contribution in [-0.2, 0) is 14.8 Å². The van der Waals surface area contributed by atoms with Crippen molar-refractivity contribution in [1.29, 1.82) is 0 Å². The zero-order valence-electron chi connectivity index (χ0n) is 16.2. The number of rotatable bonds is 3. The van der Waals surface area contributed by atoms with Gasteiger partial charge in [-0.2, -0.15) is 4.31 Å². The van der Waals surface area contributed by atoms with E-state index in [1.807, 2.05) is 0 Å². The maximum Gasteiger partial charge on any atom is 0.265 e. The molecular weight excluding hydrogens is 474 g/mol. The molecule has 158 valence electrons. The van der Waals surface area contributed by atoms with Crippen molar-refractivity contribution in [2.75, 3.05) is 31.5 Å². The summed E-state index contributed by atoms with van der Waals surface area (Å²) in [5.41, 5.74) is 0.900. The molecule has 4 rings (SSSR count). The van der Waals surface area contributed by atoms with Crippen molar-refractivity contribution < 1.29 is 22.7 Å². The lowest BCUT2D eigenvalue weighted by molar-refractivity contribution is -0.122. The maximum atomic E-state index is 13.1. The quantitative estimate of drug-likeness (QED) is 0.707. The van der Waals surface area contributed by atoms with Gasteiger partial charge in [0.15, 0.2) is 6.10 Å². The van der Waals surface area contributed by atoms with Crippen molar-refractivity contribution in [3.63, 3.8) is 0 Å². The summed E-state index contributed by atoms with van der Waals surface area (Å²) in [6.07, 6.45) is -0.628. The molecular formula is C20H20BrN3O5S. The Morgan fingerprint density at radius 2 is 1.77 bits per heavy atom. The van der Waals surface area contributed by atoms with Gasteiger partial charge in [0.2, 0.25) is 10.0 Å². The molecule has 30 heavy (non-hydrogen) atoms. The first-order valence-corrected chi connectivity index (χ1v) is 11.7. The highest BCUT2D eigenvalue weighted by Crippen LogP contribution is 2.33. The van der Waals surface area contributed by atoms with E-state index in [-0.39, 0.29) is 29.8 Å². The molecule has 2 aliphatic rings. The standard InChI is InChI=1S/C20H20BrN3O5S/c1-13-19(25)22-17-12-16(6-7-18(17)29-13)30(27,28)24-10-8-23(9-11-24)20(26)14-2-4-15(21)5-3-14/h2-7,12-13H,8-11H2,1H3,(H,22,25)/t13-/m1/s1. The van der Waals surface area contributed by atoms with Crippen LogP contribution < -0.4 is 10.1 Å². The Labute approximate surface area is 183 Å². The first-order valence-electron chi connectivity index (χ1n) is 9.42. The number of nitrogens with one attached hydrogen (secondary N) is 1. The number of anilines is 1. The van der Waals surface area contributed by atoms with E-state index in [2.05, 4.69) is 21.2 Å². The predicted molar refractivity (Wildman–Crippen MR) is 114 cm³/mol. The van der Waals surface area contributed by atoms with Crippen molar-refractivity contribution in [2.24, 2.45) is 0 Å². The molecule has 2 aliphatic heterocycles. The molecule has 0 bridgehead atoms. The van der Waals surface area contributed by atoms with E-state index in [0.717, 1.165) is 4.47 Å². The van der Waals surface area contributed by atoms with E-state index >= 15 is 0 Å². The number of amides is 2. The van der Waals surface area contributed by atoms with Gasteiger partial charge in [-0.15, -0.1) is 0 Å². The summed E-state index contributed by atoms with van der Waals surface area (Å²) in [6, 6.07) is 11.5. The van der Waals surface area contributed by atoms with Crippen LogP contribution >= 0.6 is 15.9 Å². The van der Waals surface area contributed by atoms with Gasteiger partial charge >= 0.3 is 0 Å². The van der Waals surface area contributed by atoms with Gasteiger partial charge in [0.05, 0.1) is 10.6 Å². The molecule has 0 radical (unpaired) electrons. The van der Waals surface area contributed by atoms with Crippen molar-refractivity contribution in [2.45, 2.75) is 17.9 Å². The van der Waals surface area contributed by atoms with Gasteiger partial charge in [0, 0.05) is 36.2 Å². The van der Waals surface area contributed by atoms with Crippen LogP contribution in [0.1, 0.15) is 17.3 Å². The highest BCUT2D eigenvalue weighted by molar-refractivity contribution is 9.10. The topological polar surface area (TPSA) is 96.0 Å². The molecule has 2 amide bonds. The number of fused-ring (bicyclic) bond motifs is 1. The van der Waals surface area contributed by atoms with Crippen molar-refractivity contribution in [1.82, 2.24) is 9.21 Å². The Morgan fingerprint density at radius 3 is 2.43 bits per heavy atom. The molecule has 1 N–H and O–H groups in total. The summed E-state index contributed by atoms with van der Waals surface area (Å²) in [4.78, 5) is 26.2. The Morgan fingerprint density at radius 1 is 1.10 bits per heavy atom. The molecule has 2 aromatic carbocycles. The van der Waals surface area contributed by atoms with Gasteiger partial charge in [0.25, 0.3) is 11.8 Å². The number of hydrogen-bond donors (Lipinski definition) is 1. The number of sulfonamides is 1. The molecule has 2 heterocycles. The van der Waals surface area contributed by atoms with Crippen LogP contribution in [0.2, 0.25) is 0 Å². The number of hydrogen-bond acceptors (Lipinski definition) is 5. The minimum atomic E-state index is -3.76. The minimum absolute atomic E-state index is 0.0763. The number of halogens is 1. The SMILES string of the molecule is C[C@H]1Oc2ccc(S(=O)(=O)N3CCN(C(=O)c4ccc(Br)cc4)CC3)cc2NC1=O. The third-order valence-electron chi connectivity index (χ3n) is 5.14. The minimum Gasteiger partial charge on any atom is -0.479 e. The number of piperazine rings is 1. The van der Waals surface area contributed by atoms with Crippen molar-refractivity contribution >= 4 is 43.5 Å². The number of carbonyl (C=O) groups excluding carboxylic acids is 2. The van der Waals surface area contributed by atoms with E-state index in [0.29, 0.717) is 30.1 Å². The summed E-state index contributed by atoms with van der Waals surface area (Å²) in [5.74, 6) is -0.00890. The average Bonchev–Trinajstić information content (AvgIpc) is 2.74. The molecule has 1 atom stereocenters. The van der Waals surface area contributed by atoms with Crippen LogP contribution in [0.25, 0.3) is 0 Å². The Balaban J connectivity index is 1.46. The fourth-order valence-corrected chi connectivity index (χ4v) is 5.12. The van der Waals surface area contributed by atoms with Crippen LogP contribution in [0.4, 0.5) is 5.69 Å². The van der Waals surface area contributed by atoms with Gasteiger partial charge < -0.3 is 15.0 Å². The van der Waals surface area contributed by atoms with Gasteiger partial charge in [-0.3, -0.25) is 9.59 Å². The van der Waals surface area contributed by atoms with Gasteiger partial charge in [-0.05, 0) is 49.4 Å². The van der Waals surface area contributed by atoms with E-state index in [1.54, 1.807) is 42.2 Å². The lowest BCUT2D eigenvalue weighted by Gasteiger charge is -2.34. The molecule has 1 saturated heterocycles. The first-order chi connectivity index (χ1) is 14.3. The number of benzene rings is 2. The van der Waals surface area contributed by atoms with Crippen LogP contribution in [0.15, 0.2) is 51.8 Å². The summed E-state index contributed by atoms with van der Waals surface area (Å²) in [7, 11) is -3.76. The molecule has 0 aromatic heterocycles. The van der Waals surface area contributed by atoms with Gasteiger partial charge in [-0.1, -0.05) is 15.9 Å². The summed E-state index contributed by atoms with van der Waals surface area (Å²) >= 11 is 3.34. The fourth-order valence-electron chi connectivity index (χ4n) is 3.40. The van der Waals surface area contributed by atoms with Crippen LogP contribution in [0.5, 0.6) is 5.75 Å². The van der Waals surface area contributed by atoms with E-state index < -0.39 is 16.1 Å². The third kappa shape index (κ3) is 3.94. The number of nitrogens with zero attached hydrogens (tertiary/aromatic N) is 2. The molecule has 0 saturated carbocycles. The lowest BCUT2D eigenvalue weighted by atomic mass is 10.2. The Bertz CT molecular complexity index is 1100. The zero-order valence-corrected chi connectivity index (χ0v) is 18.6. The Kier molecular flexibility index (Phi) is 5.56. The molecule has 1 fully saturated rings. The van der Waals surface area contributed by atoms with Crippen LogP contribution in [0.3, 0.4) is 0 Å².